The van der Waals surface area contributed by atoms with Crippen molar-refractivity contribution in [2.45, 2.75) is 13.8 Å². The lowest BCUT2D eigenvalue weighted by atomic mass is 9.97. The molecule has 2 unspecified atom stereocenters. The summed E-state index contributed by atoms with van der Waals surface area (Å²) in [6.07, 6.45) is 0. The van der Waals surface area contributed by atoms with Crippen LogP contribution in [0.1, 0.15) is 11.1 Å². The molecule has 0 saturated carbocycles. The van der Waals surface area contributed by atoms with Crippen LogP contribution in [0.15, 0.2) is 97.1 Å². The Hall–Kier alpha value is -2.52. The average Bonchev–Trinajstić information content (AvgIpc) is 2.79. The van der Waals surface area contributed by atoms with Crippen molar-refractivity contribution < 1.29 is 0 Å². The Balaban J connectivity index is 1.85. The van der Waals surface area contributed by atoms with E-state index in [2.05, 4.69) is 111 Å². The fraction of sp³-hybridized carbons (Fsp3) is 0.0714. The minimum absolute atomic E-state index is 0.644. The lowest BCUT2D eigenvalue weighted by Crippen LogP contribution is -2.15. The van der Waals surface area contributed by atoms with Crippen molar-refractivity contribution in [3.05, 3.63) is 108 Å². The van der Waals surface area contributed by atoms with Gasteiger partial charge in [0.15, 0.2) is 0 Å². The third-order valence-electron chi connectivity index (χ3n) is 5.81. The quantitative estimate of drug-likeness (QED) is 0.251. The third kappa shape index (κ3) is 3.56. The van der Waals surface area contributed by atoms with Crippen molar-refractivity contribution >= 4 is 59.9 Å². The van der Waals surface area contributed by atoms with Gasteiger partial charge < -0.3 is 0 Å². The number of hydrogen-bond acceptors (Lipinski definition) is 0. The fourth-order valence-corrected chi connectivity index (χ4v) is 6.93. The third-order valence-corrected chi connectivity index (χ3v) is 8.61. The van der Waals surface area contributed by atoms with Crippen molar-refractivity contribution in [3.8, 4) is 0 Å². The van der Waals surface area contributed by atoms with Gasteiger partial charge in [0.05, 0.1) is 0 Å². The van der Waals surface area contributed by atoms with Gasteiger partial charge >= 0.3 is 0 Å². The zero-order valence-corrected chi connectivity index (χ0v) is 19.2. The molecule has 0 amide bonds. The second-order valence-electron chi connectivity index (χ2n) is 7.71. The van der Waals surface area contributed by atoms with Gasteiger partial charge in [-0.05, 0) is 67.7 Å². The van der Waals surface area contributed by atoms with Gasteiger partial charge in [0, 0.05) is 0 Å². The predicted molar refractivity (Wildman–Crippen MR) is 139 cm³/mol. The number of fused-ring (bicyclic) bond motifs is 2. The molecule has 30 heavy (non-hydrogen) atoms. The second kappa shape index (κ2) is 8.31. The molecule has 5 rings (SSSR count). The Morgan fingerprint density at radius 1 is 0.467 bits per heavy atom. The van der Waals surface area contributed by atoms with E-state index in [1.165, 1.54) is 53.9 Å². The maximum Gasteiger partial charge on any atom is -0.00615 e. The number of aryl methyl sites for hydroxylation is 2. The molecular weight excluding hydrogens is 398 g/mol. The Morgan fingerprint density at radius 3 is 1.57 bits per heavy atom. The van der Waals surface area contributed by atoms with E-state index in [0.29, 0.717) is 17.2 Å². The highest BCUT2D eigenvalue weighted by Gasteiger charge is 2.17. The van der Waals surface area contributed by atoms with Gasteiger partial charge in [-0.1, -0.05) is 114 Å². The summed E-state index contributed by atoms with van der Waals surface area (Å²) >= 11 is 0. The molecule has 2 atom stereocenters. The lowest BCUT2D eigenvalue weighted by molar-refractivity contribution is 1.39. The molecule has 0 N–H and O–H groups in total. The van der Waals surface area contributed by atoms with Gasteiger partial charge in [-0.2, -0.15) is 0 Å². The van der Waals surface area contributed by atoms with E-state index in [1.807, 2.05) is 0 Å². The maximum absolute atomic E-state index is 2.36. The SMILES string of the molecule is Cc1ccc2c(Pc3ccccc3)c3ccccc3c(Pc3ccccc3)c2c1C. The smallest absolute Gasteiger partial charge is 0.00615 e. The molecule has 146 valence electrons. The van der Waals surface area contributed by atoms with Crippen LogP contribution in [0.3, 0.4) is 0 Å². The Labute approximate surface area is 181 Å². The van der Waals surface area contributed by atoms with Crippen molar-refractivity contribution in [1.29, 1.82) is 0 Å². The Kier molecular flexibility index (Phi) is 5.39. The molecule has 0 aliphatic heterocycles. The standard InChI is InChI=1S/C28H24P2/c1-19-17-18-25-26(20(19)2)28(30-22-13-7-4-8-14-22)24-16-10-9-15-23(24)27(25)29-21-11-5-3-6-12-21/h3-18,29-30H,1-2H3. The molecule has 0 heterocycles. The molecule has 5 aromatic rings. The molecule has 0 aromatic heterocycles. The van der Waals surface area contributed by atoms with Crippen LogP contribution in [0.5, 0.6) is 0 Å². The summed E-state index contributed by atoms with van der Waals surface area (Å²) in [4.78, 5) is 0. The monoisotopic (exact) mass is 422 g/mol. The van der Waals surface area contributed by atoms with Gasteiger partial charge in [0.25, 0.3) is 0 Å². The molecule has 0 radical (unpaired) electrons. The highest BCUT2D eigenvalue weighted by molar-refractivity contribution is 7.58. The van der Waals surface area contributed by atoms with Gasteiger partial charge in [-0.15, -0.1) is 0 Å². The predicted octanol–water partition coefficient (Wildman–Crippen LogP) is 5.87. The first-order chi connectivity index (χ1) is 14.7. The molecule has 2 heteroatoms. The minimum atomic E-state index is 0.644. The van der Waals surface area contributed by atoms with Crippen LogP contribution >= 0.6 is 17.2 Å². The Bertz CT molecular complexity index is 1340. The van der Waals surface area contributed by atoms with E-state index < -0.39 is 0 Å². The summed E-state index contributed by atoms with van der Waals surface area (Å²) < 4.78 is 0. The Morgan fingerprint density at radius 2 is 0.967 bits per heavy atom. The van der Waals surface area contributed by atoms with Crippen molar-refractivity contribution in [1.82, 2.24) is 0 Å². The summed E-state index contributed by atoms with van der Waals surface area (Å²) in [5.74, 6) is 0. The molecule has 0 aliphatic rings. The summed E-state index contributed by atoms with van der Waals surface area (Å²) in [5, 5.41) is 11.4. The van der Waals surface area contributed by atoms with Crippen LogP contribution in [-0.2, 0) is 0 Å². The largest absolute Gasteiger partial charge is 0.0622 e. The number of hydrogen-bond donors (Lipinski definition) is 0. The molecule has 0 saturated heterocycles. The molecule has 0 nitrogen and oxygen atoms in total. The van der Waals surface area contributed by atoms with Crippen LogP contribution in [0.25, 0.3) is 21.5 Å². The molecule has 0 fully saturated rings. The minimum Gasteiger partial charge on any atom is -0.0622 e. The first kappa shape index (κ1) is 19.4. The van der Waals surface area contributed by atoms with Gasteiger partial charge in [0.2, 0.25) is 0 Å². The van der Waals surface area contributed by atoms with E-state index in [-0.39, 0.29) is 0 Å². The van der Waals surface area contributed by atoms with E-state index in [1.54, 1.807) is 0 Å². The molecule has 5 aromatic carbocycles. The first-order valence-electron chi connectivity index (χ1n) is 10.3. The lowest BCUT2D eigenvalue weighted by Gasteiger charge is -2.20. The van der Waals surface area contributed by atoms with Crippen molar-refractivity contribution in [3.63, 3.8) is 0 Å². The topological polar surface area (TPSA) is 0 Å². The van der Waals surface area contributed by atoms with Crippen LogP contribution in [0, 0.1) is 13.8 Å². The second-order valence-corrected chi connectivity index (χ2v) is 10.4. The average molecular weight is 422 g/mol. The van der Waals surface area contributed by atoms with Crippen molar-refractivity contribution in [2.24, 2.45) is 0 Å². The van der Waals surface area contributed by atoms with E-state index in [4.69, 9.17) is 0 Å². The van der Waals surface area contributed by atoms with Crippen molar-refractivity contribution in [2.75, 3.05) is 0 Å². The maximum atomic E-state index is 2.36. The molecular formula is C28H24P2. The number of benzene rings is 5. The highest BCUT2D eigenvalue weighted by atomic mass is 31.1. The summed E-state index contributed by atoms with van der Waals surface area (Å²) in [6.45, 7) is 4.53. The first-order valence-corrected chi connectivity index (χ1v) is 12.3. The fourth-order valence-electron chi connectivity index (χ4n) is 4.14. The zero-order valence-electron chi connectivity index (χ0n) is 17.2. The van der Waals surface area contributed by atoms with E-state index in [0.717, 1.165) is 0 Å². The highest BCUT2D eigenvalue weighted by Crippen LogP contribution is 2.33. The molecule has 0 spiro atoms. The van der Waals surface area contributed by atoms with Crippen LogP contribution in [0.2, 0.25) is 0 Å². The molecule has 0 aliphatic carbocycles. The van der Waals surface area contributed by atoms with Crippen LogP contribution in [0.4, 0.5) is 0 Å². The summed E-state index contributed by atoms with van der Waals surface area (Å²) in [6, 6.07) is 35.5. The van der Waals surface area contributed by atoms with Gasteiger partial charge in [-0.25, -0.2) is 0 Å². The zero-order chi connectivity index (χ0) is 20.5. The van der Waals surface area contributed by atoms with Crippen LogP contribution < -0.4 is 21.2 Å². The normalized spacial score (nSPS) is 12.1. The van der Waals surface area contributed by atoms with Gasteiger partial charge in [-0.3, -0.25) is 0 Å². The summed E-state index contributed by atoms with van der Waals surface area (Å²) in [7, 11) is 1.29. The number of rotatable bonds is 4. The van der Waals surface area contributed by atoms with E-state index >= 15 is 0 Å². The van der Waals surface area contributed by atoms with E-state index in [9.17, 15) is 0 Å². The van der Waals surface area contributed by atoms with Crippen LogP contribution in [-0.4, -0.2) is 0 Å². The van der Waals surface area contributed by atoms with Gasteiger partial charge in [0.1, 0.15) is 0 Å². The molecule has 0 bridgehead atoms. The summed E-state index contributed by atoms with van der Waals surface area (Å²) in [5.41, 5.74) is 2.78.